The number of aromatic nitrogens is 5. The quantitative estimate of drug-likeness (QED) is 0.410. The van der Waals surface area contributed by atoms with Gasteiger partial charge in [-0.15, -0.1) is 5.10 Å². The van der Waals surface area contributed by atoms with Crippen molar-refractivity contribution >= 4 is 11.9 Å². The maximum absolute atomic E-state index is 5.61. The van der Waals surface area contributed by atoms with Gasteiger partial charge in [0.2, 0.25) is 5.82 Å². The second kappa shape index (κ2) is 10.4. The van der Waals surface area contributed by atoms with E-state index >= 15 is 0 Å². The molecule has 1 aromatic carbocycles. The van der Waals surface area contributed by atoms with Crippen molar-refractivity contribution in [2.45, 2.75) is 44.8 Å². The number of hydrogen-bond donors (Lipinski definition) is 0. The minimum Gasteiger partial charge on any atom is -0.392 e. The van der Waals surface area contributed by atoms with Crippen LogP contribution in [0.25, 0.3) is 0 Å². The molecule has 0 saturated heterocycles. The number of benzene rings is 1. The van der Waals surface area contributed by atoms with E-state index in [0.717, 1.165) is 24.1 Å². The summed E-state index contributed by atoms with van der Waals surface area (Å²) in [6.07, 6.45) is 7.71. The van der Waals surface area contributed by atoms with Crippen molar-refractivity contribution in [2.75, 3.05) is 0 Å². The lowest BCUT2D eigenvalue weighted by Crippen LogP contribution is -2.13. The van der Waals surface area contributed by atoms with Crippen LogP contribution in [0.15, 0.2) is 58.8 Å². The van der Waals surface area contributed by atoms with Gasteiger partial charge >= 0.3 is 0 Å². The Balaban J connectivity index is 1.41. The zero-order valence-corrected chi connectivity index (χ0v) is 17.5. The number of hydrogen-bond acceptors (Lipinski definition) is 8. The Morgan fingerprint density at radius 3 is 2.71 bits per heavy atom. The SMILES string of the molecule is Cn1nnnc1C(=NOCc1cccc(C=NOC2CCCCC2)n1)c1ccccc1. The van der Waals surface area contributed by atoms with Gasteiger partial charge in [0, 0.05) is 12.6 Å². The van der Waals surface area contributed by atoms with Crippen LogP contribution in [0, 0.1) is 0 Å². The van der Waals surface area contributed by atoms with Crippen LogP contribution in [0.5, 0.6) is 0 Å². The highest BCUT2D eigenvalue weighted by atomic mass is 16.6. The van der Waals surface area contributed by atoms with Crippen molar-refractivity contribution in [3.63, 3.8) is 0 Å². The first kappa shape index (κ1) is 20.6. The predicted molar refractivity (Wildman–Crippen MR) is 115 cm³/mol. The molecular formula is C22H25N7O2. The van der Waals surface area contributed by atoms with Gasteiger partial charge in [0.1, 0.15) is 6.10 Å². The second-order valence-electron chi connectivity index (χ2n) is 7.36. The smallest absolute Gasteiger partial charge is 0.204 e. The molecule has 0 unspecified atom stereocenters. The Labute approximate surface area is 180 Å². The molecule has 1 saturated carbocycles. The Morgan fingerprint density at radius 1 is 1.10 bits per heavy atom. The van der Waals surface area contributed by atoms with E-state index in [9.17, 15) is 0 Å². The standard InChI is InChI=1S/C22H25N7O2/c1-29-22(25-27-28-29)21(17-9-4-2-5-10-17)26-30-16-19-12-8-11-18(24-19)15-23-31-20-13-6-3-7-14-20/h2,4-5,8-12,15,20H,3,6-7,13-14,16H2,1H3. The molecule has 2 heterocycles. The third-order valence-electron chi connectivity index (χ3n) is 5.02. The Kier molecular flexibility index (Phi) is 6.94. The zero-order chi connectivity index (χ0) is 21.3. The maximum atomic E-state index is 5.61. The lowest BCUT2D eigenvalue weighted by Gasteiger charge is -2.18. The molecule has 0 aliphatic heterocycles. The number of pyridine rings is 1. The summed E-state index contributed by atoms with van der Waals surface area (Å²) >= 11 is 0. The normalized spacial score (nSPS) is 15.3. The first-order chi connectivity index (χ1) is 15.3. The van der Waals surface area contributed by atoms with Crippen LogP contribution in [0.1, 0.15) is 54.9 Å². The molecule has 1 fully saturated rings. The van der Waals surface area contributed by atoms with Crippen LogP contribution in [-0.4, -0.2) is 43.2 Å². The highest BCUT2D eigenvalue weighted by molar-refractivity contribution is 6.10. The summed E-state index contributed by atoms with van der Waals surface area (Å²) in [7, 11) is 1.76. The van der Waals surface area contributed by atoms with Gasteiger partial charge < -0.3 is 9.68 Å². The second-order valence-corrected chi connectivity index (χ2v) is 7.36. The summed E-state index contributed by atoms with van der Waals surface area (Å²) in [6.45, 7) is 0.201. The van der Waals surface area contributed by atoms with Crippen LogP contribution in [-0.2, 0) is 23.3 Å². The van der Waals surface area contributed by atoms with E-state index < -0.39 is 0 Å². The lowest BCUT2D eigenvalue weighted by molar-refractivity contribution is 0.0340. The number of nitrogens with zero attached hydrogens (tertiary/aromatic N) is 7. The van der Waals surface area contributed by atoms with Gasteiger partial charge in [0.25, 0.3) is 0 Å². The van der Waals surface area contributed by atoms with E-state index in [2.05, 4.69) is 30.8 Å². The molecule has 0 amide bonds. The molecule has 160 valence electrons. The molecule has 0 atom stereocenters. The van der Waals surface area contributed by atoms with Gasteiger partial charge in [0.05, 0.1) is 17.6 Å². The first-order valence-corrected chi connectivity index (χ1v) is 10.4. The molecule has 0 radical (unpaired) electrons. The Morgan fingerprint density at radius 2 is 1.94 bits per heavy atom. The minimum absolute atomic E-state index is 0.201. The van der Waals surface area contributed by atoms with Crippen molar-refractivity contribution in [3.8, 4) is 0 Å². The van der Waals surface area contributed by atoms with Gasteiger partial charge in [-0.05, 0) is 48.2 Å². The van der Waals surface area contributed by atoms with Gasteiger partial charge in [-0.3, -0.25) is 0 Å². The molecule has 3 aromatic rings. The summed E-state index contributed by atoms with van der Waals surface area (Å²) in [5.74, 6) is 0.514. The van der Waals surface area contributed by atoms with Crippen molar-refractivity contribution in [1.82, 2.24) is 25.2 Å². The molecule has 0 bridgehead atoms. The Bertz CT molecular complexity index is 1030. The van der Waals surface area contributed by atoms with Gasteiger partial charge in [0.15, 0.2) is 12.3 Å². The first-order valence-electron chi connectivity index (χ1n) is 10.4. The fourth-order valence-corrected chi connectivity index (χ4v) is 3.40. The van der Waals surface area contributed by atoms with Crippen LogP contribution in [0.2, 0.25) is 0 Å². The van der Waals surface area contributed by atoms with Crippen LogP contribution in [0.3, 0.4) is 0 Å². The molecule has 0 N–H and O–H groups in total. The molecule has 2 aromatic heterocycles. The molecule has 9 nitrogen and oxygen atoms in total. The van der Waals surface area contributed by atoms with E-state index in [4.69, 9.17) is 9.68 Å². The van der Waals surface area contributed by atoms with Crippen molar-refractivity contribution in [1.29, 1.82) is 0 Å². The summed E-state index contributed by atoms with van der Waals surface area (Å²) in [6, 6.07) is 15.3. The molecule has 0 spiro atoms. The third kappa shape index (κ3) is 5.71. The topological polar surface area (TPSA) is 99.7 Å². The molecule has 31 heavy (non-hydrogen) atoms. The third-order valence-corrected chi connectivity index (χ3v) is 5.02. The van der Waals surface area contributed by atoms with Gasteiger partial charge in [-0.2, -0.15) is 0 Å². The van der Waals surface area contributed by atoms with Gasteiger partial charge in [-0.25, -0.2) is 9.67 Å². The van der Waals surface area contributed by atoms with Crippen molar-refractivity contribution < 1.29 is 9.68 Å². The highest BCUT2D eigenvalue weighted by Gasteiger charge is 2.15. The monoisotopic (exact) mass is 419 g/mol. The lowest BCUT2D eigenvalue weighted by atomic mass is 9.98. The fourth-order valence-electron chi connectivity index (χ4n) is 3.40. The van der Waals surface area contributed by atoms with E-state index in [-0.39, 0.29) is 12.7 Å². The van der Waals surface area contributed by atoms with Crippen molar-refractivity contribution in [2.24, 2.45) is 17.4 Å². The average molecular weight is 419 g/mol. The van der Waals surface area contributed by atoms with Crippen LogP contribution < -0.4 is 0 Å². The van der Waals surface area contributed by atoms with Crippen molar-refractivity contribution in [3.05, 3.63) is 71.3 Å². The van der Waals surface area contributed by atoms with E-state index in [1.807, 2.05) is 48.5 Å². The number of rotatable bonds is 8. The summed E-state index contributed by atoms with van der Waals surface area (Å²) in [4.78, 5) is 15.7. The van der Waals surface area contributed by atoms with Gasteiger partial charge in [-0.1, -0.05) is 53.1 Å². The Hall–Kier alpha value is -3.62. The summed E-state index contributed by atoms with van der Waals surface area (Å²) in [5.41, 5.74) is 2.84. The van der Waals surface area contributed by atoms with E-state index in [0.29, 0.717) is 17.2 Å². The number of aryl methyl sites for hydroxylation is 1. The van der Waals surface area contributed by atoms with Crippen LogP contribution in [0.4, 0.5) is 0 Å². The molecule has 9 heteroatoms. The fraction of sp³-hybridized carbons (Fsp3) is 0.364. The molecule has 1 aliphatic rings. The van der Waals surface area contributed by atoms with E-state index in [1.165, 1.54) is 19.3 Å². The highest BCUT2D eigenvalue weighted by Crippen LogP contribution is 2.20. The minimum atomic E-state index is 0.201. The summed E-state index contributed by atoms with van der Waals surface area (Å²) < 4.78 is 1.55. The number of tetrazole rings is 1. The average Bonchev–Trinajstić information content (AvgIpc) is 3.24. The molecular weight excluding hydrogens is 394 g/mol. The zero-order valence-electron chi connectivity index (χ0n) is 17.5. The van der Waals surface area contributed by atoms with E-state index in [1.54, 1.807) is 17.9 Å². The number of oxime groups is 2. The molecule has 1 aliphatic carbocycles. The largest absolute Gasteiger partial charge is 0.392 e. The van der Waals surface area contributed by atoms with Crippen LogP contribution >= 0.6 is 0 Å². The molecule has 4 rings (SSSR count). The maximum Gasteiger partial charge on any atom is 0.204 e. The summed E-state index contributed by atoms with van der Waals surface area (Å²) in [5, 5.41) is 20.0. The predicted octanol–water partition coefficient (Wildman–Crippen LogP) is 3.26.